The first-order valence-corrected chi connectivity index (χ1v) is 5.85. The first-order chi connectivity index (χ1) is 6.64. The molecule has 1 heterocycles. The number of rotatable bonds is 6. The van der Waals surface area contributed by atoms with Crippen LogP contribution in [0.2, 0.25) is 0 Å². The highest BCUT2D eigenvalue weighted by molar-refractivity contribution is 5.78. The monoisotopic (exact) mass is 197 g/mol. The van der Waals surface area contributed by atoms with Crippen LogP contribution >= 0.6 is 0 Å². The van der Waals surface area contributed by atoms with Crippen molar-refractivity contribution in [2.45, 2.75) is 64.8 Å². The Kier molecular flexibility index (Phi) is 4.43. The molecule has 0 radical (unpaired) electrons. The summed E-state index contributed by atoms with van der Waals surface area (Å²) in [6, 6.07) is 0. The van der Waals surface area contributed by atoms with Gasteiger partial charge in [0.25, 0.3) is 0 Å². The van der Waals surface area contributed by atoms with E-state index in [1.165, 1.54) is 32.1 Å². The van der Waals surface area contributed by atoms with Gasteiger partial charge in [0.1, 0.15) is 6.61 Å². The number of aliphatic imine (C=N–C) groups is 1. The summed E-state index contributed by atoms with van der Waals surface area (Å²) < 4.78 is 5.52. The Morgan fingerprint density at radius 3 is 2.50 bits per heavy atom. The van der Waals surface area contributed by atoms with Crippen LogP contribution in [0.15, 0.2) is 4.99 Å². The van der Waals surface area contributed by atoms with Crippen molar-refractivity contribution in [1.29, 1.82) is 0 Å². The molecule has 0 atom stereocenters. The van der Waals surface area contributed by atoms with Gasteiger partial charge in [-0.2, -0.15) is 0 Å². The SMILES string of the molecule is CCCCCCCC1=NC(C)(C)CO1. The summed E-state index contributed by atoms with van der Waals surface area (Å²) in [6.45, 7) is 7.25. The van der Waals surface area contributed by atoms with Crippen molar-refractivity contribution in [3.63, 3.8) is 0 Å². The maximum atomic E-state index is 5.52. The number of hydrogen-bond donors (Lipinski definition) is 0. The predicted octanol–water partition coefficient (Wildman–Crippen LogP) is 3.55. The molecule has 0 aromatic rings. The molecule has 82 valence electrons. The Bertz CT molecular complexity index is 196. The van der Waals surface area contributed by atoms with Crippen LogP contribution < -0.4 is 0 Å². The van der Waals surface area contributed by atoms with E-state index >= 15 is 0 Å². The molecule has 0 aromatic carbocycles. The van der Waals surface area contributed by atoms with Crippen LogP contribution in [-0.4, -0.2) is 18.0 Å². The molecule has 0 spiro atoms. The van der Waals surface area contributed by atoms with Crippen molar-refractivity contribution in [3.8, 4) is 0 Å². The van der Waals surface area contributed by atoms with Gasteiger partial charge in [-0.3, -0.25) is 0 Å². The molecule has 1 aliphatic rings. The van der Waals surface area contributed by atoms with Crippen LogP contribution in [0.3, 0.4) is 0 Å². The van der Waals surface area contributed by atoms with Crippen molar-refractivity contribution >= 4 is 5.90 Å². The minimum Gasteiger partial charge on any atom is -0.478 e. The Morgan fingerprint density at radius 1 is 1.21 bits per heavy atom. The Hall–Kier alpha value is -0.530. The van der Waals surface area contributed by atoms with E-state index in [-0.39, 0.29) is 5.54 Å². The van der Waals surface area contributed by atoms with Gasteiger partial charge in [0.05, 0.1) is 5.54 Å². The second kappa shape index (κ2) is 5.38. The largest absolute Gasteiger partial charge is 0.478 e. The van der Waals surface area contributed by atoms with Gasteiger partial charge in [0.15, 0.2) is 5.90 Å². The van der Waals surface area contributed by atoms with Gasteiger partial charge in [0.2, 0.25) is 0 Å². The summed E-state index contributed by atoms with van der Waals surface area (Å²) in [5.41, 5.74) is 0.0265. The summed E-state index contributed by atoms with van der Waals surface area (Å²) in [6.07, 6.45) is 7.61. The Balaban J connectivity index is 2.08. The zero-order valence-corrected chi connectivity index (χ0v) is 9.81. The number of unbranched alkanes of at least 4 members (excludes halogenated alkanes) is 4. The Labute approximate surface area is 87.8 Å². The summed E-state index contributed by atoms with van der Waals surface area (Å²) >= 11 is 0. The van der Waals surface area contributed by atoms with E-state index in [1.807, 2.05) is 0 Å². The lowest BCUT2D eigenvalue weighted by Gasteiger charge is -2.07. The molecule has 0 aromatic heterocycles. The van der Waals surface area contributed by atoms with Crippen molar-refractivity contribution in [2.75, 3.05) is 6.61 Å². The van der Waals surface area contributed by atoms with Crippen LogP contribution in [0, 0.1) is 0 Å². The zero-order valence-electron chi connectivity index (χ0n) is 9.81. The topological polar surface area (TPSA) is 21.6 Å². The fourth-order valence-electron chi connectivity index (χ4n) is 1.67. The molecule has 2 heteroatoms. The minimum atomic E-state index is 0.0265. The molecule has 14 heavy (non-hydrogen) atoms. The lowest BCUT2D eigenvalue weighted by atomic mass is 10.1. The standard InChI is InChI=1S/C12H23NO/c1-4-5-6-7-8-9-11-13-12(2,3)10-14-11/h4-10H2,1-3H3. The van der Waals surface area contributed by atoms with Gasteiger partial charge < -0.3 is 4.74 Å². The average Bonchev–Trinajstić information content (AvgIpc) is 2.45. The molecule has 0 unspecified atom stereocenters. The zero-order chi connectivity index (χ0) is 10.4. The third kappa shape index (κ3) is 4.12. The van der Waals surface area contributed by atoms with E-state index in [9.17, 15) is 0 Å². The highest BCUT2D eigenvalue weighted by Gasteiger charge is 2.25. The van der Waals surface area contributed by atoms with Gasteiger partial charge in [-0.15, -0.1) is 0 Å². The lowest BCUT2D eigenvalue weighted by Crippen LogP contribution is -2.17. The molecule has 0 saturated carbocycles. The molecule has 0 amide bonds. The van der Waals surface area contributed by atoms with Crippen LogP contribution in [0.25, 0.3) is 0 Å². The fourth-order valence-corrected chi connectivity index (χ4v) is 1.67. The lowest BCUT2D eigenvalue weighted by molar-refractivity contribution is 0.273. The van der Waals surface area contributed by atoms with E-state index in [0.717, 1.165) is 18.9 Å². The summed E-state index contributed by atoms with van der Waals surface area (Å²) in [5, 5.41) is 0. The van der Waals surface area contributed by atoms with Crippen LogP contribution in [0.1, 0.15) is 59.3 Å². The molecular formula is C12H23NO. The maximum absolute atomic E-state index is 5.52. The van der Waals surface area contributed by atoms with Crippen molar-refractivity contribution in [2.24, 2.45) is 4.99 Å². The van der Waals surface area contributed by atoms with Gasteiger partial charge in [0, 0.05) is 6.42 Å². The third-order valence-corrected chi connectivity index (χ3v) is 2.51. The van der Waals surface area contributed by atoms with E-state index in [1.54, 1.807) is 0 Å². The highest BCUT2D eigenvalue weighted by Crippen LogP contribution is 2.19. The third-order valence-electron chi connectivity index (χ3n) is 2.51. The van der Waals surface area contributed by atoms with E-state index in [0.29, 0.717) is 0 Å². The summed E-state index contributed by atoms with van der Waals surface area (Å²) in [7, 11) is 0. The van der Waals surface area contributed by atoms with Gasteiger partial charge in [-0.25, -0.2) is 4.99 Å². The van der Waals surface area contributed by atoms with E-state index in [4.69, 9.17) is 4.74 Å². The number of ether oxygens (including phenoxy) is 1. The van der Waals surface area contributed by atoms with Gasteiger partial charge in [-0.1, -0.05) is 32.6 Å². The smallest absolute Gasteiger partial charge is 0.183 e. The highest BCUT2D eigenvalue weighted by atomic mass is 16.5. The van der Waals surface area contributed by atoms with Crippen LogP contribution in [-0.2, 0) is 4.74 Å². The predicted molar refractivity (Wildman–Crippen MR) is 60.8 cm³/mol. The first-order valence-electron chi connectivity index (χ1n) is 5.85. The van der Waals surface area contributed by atoms with Gasteiger partial charge >= 0.3 is 0 Å². The Morgan fingerprint density at radius 2 is 1.93 bits per heavy atom. The van der Waals surface area contributed by atoms with Crippen molar-refractivity contribution in [1.82, 2.24) is 0 Å². The second-order valence-electron chi connectivity index (χ2n) is 4.77. The van der Waals surface area contributed by atoms with Gasteiger partial charge in [-0.05, 0) is 20.3 Å². The maximum Gasteiger partial charge on any atom is 0.183 e. The molecule has 1 rings (SSSR count). The molecule has 0 N–H and O–H groups in total. The molecule has 2 nitrogen and oxygen atoms in total. The van der Waals surface area contributed by atoms with Crippen LogP contribution in [0.4, 0.5) is 0 Å². The van der Waals surface area contributed by atoms with Crippen molar-refractivity contribution < 1.29 is 4.74 Å². The summed E-state index contributed by atoms with van der Waals surface area (Å²) in [5.74, 6) is 0.978. The second-order valence-corrected chi connectivity index (χ2v) is 4.77. The molecule has 1 aliphatic heterocycles. The quantitative estimate of drug-likeness (QED) is 0.597. The molecule has 0 aliphatic carbocycles. The first kappa shape index (κ1) is 11.5. The average molecular weight is 197 g/mol. The van der Waals surface area contributed by atoms with Crippen LogP contribution in [0.5, 0.6) is 0 Å². The van der Waals surface area contributed by atoms with E-state index < -0.39 is 0 Å². The fraction of sp³-hybridized carbons (Fsp3) is 0.917. The molecule has 0 bridgehead atoms. The molecule has 0 fully saturated rings. The molecular weight excluding hydrogens is 174 g/mol. The number of nitrogens with zero attached hydrogens (tertiary/aromatic N) is 1. The van der Waals surface area contributed by atoms with Crippen molar-refractivity contribution in [3.05, 3.63) is 0 Å². The summed E-state index contributed by atoms with van der Waals surface area (Å²) in [4.78, 5) is 4.53. The minimum absolute atomic E-state index is 0.0265. The number of hydrogen-bond acceptors (Lipinski definition) is 2. The normalized spacial score (nSPS) is 19.2. The van der Waals surface area contributed by atoms with E-state index in [2.05, 4.69) is 25.8 Å². The molecule has 0 saturated heterocycles.